The van der Waals surface area contributed by atoms with Gasteiger partial charge in [0.05, 0.1) is 13.0 Å². The summed E-state index contributed by atoms with van der Waals surface area (Å²) in [6.07, 6.45) is 0.931. The van der Waals surface area contributed by atoms with Crippen molar-refractivity contribution in [3.8, 4) is 0 Å². The molecule has 0 heterocycles. The van der Waals surface area contributed by atoms with Gasteiger partial charge >= 0.3 is 5.97 Å². The number of carbonyl (C=O) groups is 2. The van der Waals surface area contributed by atoms with Crippen LogP contribution in [0.25, 0.3) is 0 Å². The molecule has 0 bridgehead atoms. The number of carboxylic acid groups (broad SMARTS) is 1. The van der Waals surface area contributed by atoms with E-state index in [1.54, 1.807) is 4.90 Å². The van der Waals surface area contributed by atoms with Crippen molar-refractivity contribution in [1.29, 1.82) is 0 Å². The molecule has 5 heteroatoms. The van der Waals surface area contributed by atoms with E-state index in [0.717, 1.165) is 6.42 Å². The molecule has 0 radical (unpaired) electrons. The second-order valence-corrected chi connectivity index (χ2v) is 2.89. The molecule has 0 rings (SSSR count). The number of carboxylic acids is 1. The molecule has 0 aliphatic rings. The topological polar surface area (TPSA) is 83.6 Å². The molecule has 0 aromatic rings. The Morgan fingerprint density at radius 3 is 2.38 bits per heavy atom. The summed E-state index contributed by atoms with van der Waals surface area (Å²) in [5.74, 6) is -1.27. The summed E-state index contributed by atoms with van der Waals surface area (Å²) >= 11 is 0. The molecule has 13 heavy (non-hydrogen) atoms. The summed E-state index contributed by atoms with van der Waals surface area (Å²) < 4.78 is 0. The summed E-state index contributed by atoms with van der Waals surface area (Å²) in [7, 11) is 0. The molecule has 76 valence electrons. The summed E-state index contributed by atoms with van der Waals surface area (Å²) in [4.78, 5) is 22.6. The predicted molar refractivity (Wildman–Crippen MR) is 48.2 cm³/mol. The van der Waals surface area contributed by atoms with Gasteiger partial charge in [0.15, 0.2) is 0 Å². The highest BCUT2D eigenvalue weighted by atomic mass is 16.4. The minimum Gasteiger partial charge on any atom is -0.481 e. The molecule has 0 fully saturated rings. The zero-order valence-corrected chi connectivity index (χ0v) is 7.82. The quantitative estimate of drug-likeness (QED) is 0.572. The number of rotatable bonds is 7. The van der Waals surface area contributed by atoms with Crippen molar-refractivity contribution in [2.75, 3.05) is 19.6 Å². The maximum Gasteiger partial charge on any atom is 0.304 e. The Hall–Kier alpha value is -1.10. The van der Waals surface area contributed by atoms with Crippen LogP contribution in [-0.4, -0.2) is 41.5 Å². The van der Waals surface area contributed by atoms with Gasteiger partial charge in [0.25, 0.3) is 0 Å². The normalized spacial score (nSPS) is 10.3. The second-order valence-electron chi connectivity index (χ2n) is 2.89. The van der Waals surface area contributed by atoms with Gasteiger partial charge in [-0.3, -0.25) is 14.5 Å². The van der Waals surface area contributed by atoms with Crippen LogP contribution in [0.1, 0.15) is 19.8 Å². The van der Waals surface area contributed by atoms with E-state index in [1.807, 2.05) is 6.92 Å². The Morgan fingerprint density at radius 2 is 2.00 bits per heavy atom. The highest BCUT2D eigenvalue weighted by molar-refractivity contribution is 5.76. The lowest BCUT2D eigenvalue weighted by atomic mass is 10.3. The van der Waals surface area contributed by atoms with Crippen molar-refractivity contribution >= 4 is 11.9 Å². The Kier molecular flexibility index (Phi) is 5.88. The SMILES string of the molecule is CCCN(CCC(=O)O)CC(N)=O. The van der Waals surface area contributed by atoms with Gasteiger partial charge in [-0.2, -0.15) is 0 Å². The molecule has 0 aliphatic carbocycles. The number of carbonyl (C=O) groups excluding carboxylic acids is 1. The van der Waals surface area contributed by atoms with Crippen molar-refractivity contribution in [3.05, 3.63) is 0 Å². The summed E-state index contributed by atoms with van der Waals surface area (Å²) in [6.45, 7) is 3.19. The van der Waals surface area contributed by atoms with Gasteiger partial charge in [-0.25, -0.2) is 0 Å². The third kappa shape index (κ3) is 7.27. The Balaban J connectivity index is 3.79. The smallest absolute Gasteiger partial charge is 0.304 e. The first kappa shape index (κ1) is 11.9. The summed E-state index contributed by atoms with van der Waals surface area (Å²) in [6, 6.07) is 0. The third-order valence-corrected chi connectivity index (χ3v) is 1.56. The second kappa shape index (κ2) is 6.42. The fourth-order valence-electron chi connectivity index (χ4n) is 1.06. The van der Waals surface area contributed by atoms with E-state index in [-0.39, 0.29) is 13.0 Å². The Labute approximate surface area is 77.5 Å². The molecule has 5 nitrogen and oxygen atoms in total. The molecule has 1 amide bonds. The number of hydrogen-bond acceptors (Lipinski definition) is 3. The fraction of sp³-hybridized carbons (Fsp3) is 0.750. The van der Waals surface area contributed by atoms with Crippen molar-refractivity contribution < 1.29 is 14.7 Å². The van der Waals surface area contributed by atoms with E-state index < -0.39 is 11.9 Å². The lowest BCUT2D eigenvalue weighted by molar-refractivity contribution is -0.137. The van der Waals surface area contributed by atoms with E-state index in [4.69, 9.17) is 10.8 Å². The van der Waals surface area contributed by atoms with E-state index in [1.165, 1.54) is 0 Å². The standard InChI is InChI=1S/C8H16N2O3/c1-2-4-10(6-7(9)11)5-3-8(12)13/h2-6H2,1H3,(H2,9,11)(H,12,13). The molecule has 0 saturated heterocycles. The molecular weight excluding hydrogens is 172 g/mol. The van der Waals surface area contributed by atoms with Gasteiger partial charge in [-0.1, -0.05) is 6.92 Å². The average Bonchev–Trinajstić information content (AvgIpc) is 1.99. The number of amides is 1. The molecule has 3 N–H and O–H groups in total. The van der Waals surface area contributed by atoms with E-state index in [2.05, 4.69) is 0 Å². The Bertz CT molecular complexity index is 182. The lowest BCUT2D eigenvalue weighted by Gasteiger charge is -2.18. The minimum atomic E-state index is -0.856. The fourth-order valence-corrected chi connectivity index (χ4v) is 1.06. The molecular formula is C8H16N2O3. The highest BCUT2D eigenvalue weighted by Crippen LogP contribution is 1.93. The van der Waals surface area contributed by atoms with Crippen molar-refractivity contribution in [1.82, 2.24) is 4.90 Å². The first-order chi connectivity index (χ1) is 6.06. The maximum atomic E-state index is 10.6. The van der Waals surface area contributed by atoms with Gasteiger partial charge in [-0.05, 0) is 13.0 Å². The van der Waals surface area contributed by atoms with E-state index in [9.17, 15) is 9.59 Å². The van der Waals surface area contributed by atoms with Crippen LogP contribution in [0.4, 0.5) is 0 Å². The monoisotopic (exact) mass is 188 g/mol. The lowest BCUT2D eigenvalue weighted by Crippen LogP contribution is -2.35. The van der Waals surface area contributed by atoms with Crippen LogP contribution in [0, 0.1) is 0 Å². The van der Waals surface area contributed by atoms with Crippen LogP contribution in [0.2, 0.25) is 0 Å². The molecule has 0 atom stereocenters. The predicted octanol–water partition coefficient (Wildman–Crippen LogP) is -0.342. The van der Waals surface area contributed by atoms with Crippen LogP contribution in [-0.2, 0) is 9.59 Å². The van der Waals surface area contributed by atoms with Crippen LogP contribution >= 0.6 is 0 Å². The van der Waals surface area contributed by atoms with Gasteiger partial charge in [-0.15, -0.1) is 0 Å². The first-order valence-electron chi connectivity index (χ1n) is 4.28. The van der Waals surface area contributed by atoms with Crippen molar-refractivity contribution in [3.63, 3.8) is 0 Å². The maximum absolute atomic E-state index is 10.6. The molecule has 0 aromatic heterocycles. The van der Waals surface area contributed by atoms with Crippen LogP contribution in [0.3, 0.4) is 0 Å². The molecule has 0 saturated carbocycles. The first-order valence-corrected chi connectivity index (χ1v) is 4.28. The number of hydrogen-bond donors (Lipinski definition) is 2. The summed E-state index contributed by atoms with van der Waals surface area (Å²) in [5.41, 5.74) is 5.00. The van der Waals surface area contributed by atoms with Gasteiger partial charge in [0, 0.05) is 6.54 Å². The zero-order chi connectivity index (χ0) is 10.3. The highest BCUT2D eigenvalue weighted by Gasteiger charge is 2.08. The number of aliphatic carboxylic acids is 1. The Morgan fingerprint density at radius 1 is 1.38 bits per heavy atom. The molecule has 0 aromatic carbocycles. The van der Waals surface area contributed by atoms with Crippen molar-refractivity contribution in [2.45, 2.75) is 19.8 Å². The third-order valence-electron chi connectivity index (χ3n) is 1.56. The summed E-state index contributed by atoms with van der Waals surface area (Å²) in [5, 5.41) is 8.42. The van der Waals surface area contributed by atoms with E-state index >= 15 is 0 Å². The number of primary amides is 1. The number of nitrogens with two attached hydrogens (primary N) is 1. The largest absolute Gasteiger partial charge is 0.481 e. The van der Waals surface area contributed by atoms with Gasteiger partial charge in [0.2, 0.25) is 5.91 Å². The average molecular weight is 188 g/mol. The van der Waals surface area contributed by atoms with Gasteiger partial charge < -0.3 is 10.8 Å². The van der Waals surface area contributed by atoms with Crippen LogP contribution in [0.5, 0.6) is 0 Å². The van der Waals surface area contributed by atoms with Crippen molar-refractivity contribution in [2.24, 2.45) is 5.73 Å². The minimum absolute atomic E-state index is 0.0489. The zero-order valence-electron chi connectivity index (χ0n) is 7.82. The molecule has 0 aliphatic heterocycles. The van der Waals surface area contributed by atoms with Crippen LogP contribution in [0.15, 0.2) is 0 Å². The number of nitrogens with zero attached hydrogens (tertiary/aromatic N) is 1. The van der Waals surface area contributed by atoms with Gasteiger partial charge in [0.1, 0.15) is 0 Å². The van der Waals surface area contributed by atoms with E-state index in [0.29, 0.717) is 13.1 Å². The molecule has 0 spiro atoms. The van der Waals surface area contributed by atoms with Crippen LogP contribution < -0.4 is 5.73 Å². The molecule has 0 unspecified atom stereocenters.